The van der Waals surface area contributed by atoms with Crippen molar-refractivity contribution in [1.82, 2.24) is 0 Å². The van der Waals surface area contributed by atoms with Gasteiger partial charge >= 0.3 is 0 Å². The molecular weight excluding hydrogens is 308 g/mol. The average molecular weight is 331 g/mol. The fourth-order valence-corrected chi connectivity index (χ4v) is 2.66. The zero-order valence-electron chi connectivity index (χ0n) is 14.6. The van der Waals surface area contributed by atoms with Crippen LogP contribution in [0, 0.1) is 0 Å². The molecule has 1 heterocycles. The Hall–Kier alpha value is -2.94. The lowest BCUT2D eigenvalue weighted by Crippen LogP contribution is -2.33. The first-order chi connectivity index (χ1) is 12.1. The molecule has 0 aliphatic rings. The maximum Gasteiger partial charge on any atom is 0.255 e. The van der Waals surface area contributed by atoms with Crippen molar-refractivity contribution in [2.24, 2.45) is 0 Å². The second kappa shape index (κ2) is 7.75. The molecule has 0 atom stereocenters. The Bertz CT molecular complexity index is 822. The van der Waals surface area contributed by atoms with Gasteiger partial charge in [-0.25, -0.2) is 4.57 Å². The Morgan fingerprint density at radius 2 is 1.56 bits per heavy atom. The predicted octanol–water partition coefficient (Wildman–Crippen LogP) is 4.40. The molecule has 1 amide bonds. The number of nitrogens with zero attached hydrogens (tertiary/aromatic N) is 1. The van der Waals surface area contributed by atoms with Gasteiger partial charge in [-0.15, -0.1) is 0 Å². The summed E-state index contributed by atoms with van der Waals surface area (Å²) in [5.41, 5.74) is 3.94. The van der Waals surface area contributed by atoms with Crippen molar-refractivity contribution in [2.45, 2.75) is 26.3 Å². The summed E-state index contributed by atoms with van der Waals surface area (Å²) in [6.07, 6.45) is 3.95. The van der Waals surface area contributed by atoms with E-state index in [4.69, 9.17) is 0 Å². The lowest BCUT2D eigenvalue weighted by atomic mass is 10.0. The van der Waals surface area contributed by atoms with E-state index in [-0.39, 0.29) is 5.91 Å². The maximum atomic E-state index is 12.4. The third-order valence-corrected chi connectivity index (χ3v) is 4.20. The van der Waals surface area contributed by atoms with Gasteiger partial charge in [0.1, 0.15) is 0 Å². The van der Waals surface area contributed by atoms with Crippen molar-refractivity contribution in [1.29, 1.82) is 0 Å². The molecule has 0 saturated heterocycles. The van der Waals surface area contributed by atoms with Crippen LogP contribution < -0.4 is 9.88 Å². The Morgan fingerprint density at radius 3 is 2.16 bits per heavy atom. The molecule has 0 aliphatic carbocycles. The van der Waals surface area contributed by atoms with E-state index in [9.17, 15) is 4.79 Å². The van der Waals surface area contributed by atoms with Crippen LogP contribution in [0.25, 0.3) is 0 Å². The highest BCUT2D eigenvalue weighted by Gasteiger charge is 2.08. The minimum atomic E-state index is -0.0869. The lowest BCUT2D eigenvalue weighted by molar-refractivity contribution is -0.688. The lowest BCUT2D eigenvalue weighted by Gasteiger charge is -2.08. The summed E-state index contributed by atoms with van der Waals surface area (Å²) in [4.78, 5) is 12.4. The number of rotatable bonds is 5. The molecule has 25 heavy (non-hydrogen) atoms. The van der Waals surface area contributed by atoms with Gasteiger partial charge in [-0.3, -0.25) is 4.79 Å². The van der Waals surface area contributed by atoms with Crippen LogP contribution in [0.4, 0.5) is 5.69 Å². The van der Waals surface area contributed by atoms with Crippen LogP contribution in [0.2, 0.25) is 0 Å². The summed E-state index contributed by atoms with van der Waals surface area (Å²) in [5.74, 6) is 0.377. The Balaban J connectivity index is 1.63. The second-order valence-corrected chi connectivity index (χ2v) is 6.48. The van der Waals surface area contributed by atoms with Crippen LogP contribution in [-0.2, 0) is 6.54 Å². The molecular formula is C22H23N2O+. The van der Waals surface area contributed by atoms with E-state index in [1.807, 2.05) is 67.0 Å². The van der Waals surface area contributed by atoms with Crippen molar-refractivity contribution >= 4 is 11.6 Å². The summed E-state index contributed by atoms with van der Waals surface area (Å²) < 4.78 is 2.09. The standard InChI is InChI=1S/C22H22N2O/c1-17(2)19-8-10-20(11-9-19)22(25)23-21-12-14-24(15-13-21)16-18-6-4-3-5-7-18/h3-15,17H,16H2,1-2H3/p+1. The van der Waals surface area contributed by atoms with Gasteiger partial charge in [-0.05, 0) is 23.6 Å². The van der Waals surface area contributed by atoms with E-state index in [0.29, 0.717) is 11.5 Å². The van der Waals surface area contributed by atoms with Crippen molar-refractivity contribution < 1.29 is 9.36 Å². The van der Waals surface area contributed by atoms with Crippen LogP contribution in [0.15, 0.2) is 79.1 Å². The van der Waals surface area contributed by atoms with Crippen molar-refractivity contribution in [2.75, 3.05) is 5.32 Å². The summed E-state index contributed by atoms with van der Waals surface area (Å²) in [6.45, 7) is 5.10. The third-order valence-electron chi connectivity index (χ3n) is 4.20. The molecule has 0 saturated carbocycles. The van der Waals surface area contributed by atoms with Crippen molar-refractivity contribution in [3.8, 4) is 0 Å². The number of hydrogen-bond donors (Lipinski definition) is 1. The molecule has 126 valence electrons. The molecule has 0 unspecified atom stereocenters. The highest BCUT2D eigenvalue weighted by atomic mass is 16.1. The summed E-state index contributed by atoms with van der Waals surface area (Å²) in [6, 6.07) is 21.9. The van der Waals surface area contributed by atoms with Crippen molar-refractivity contribution in [3.63, 3.8) is 0 Å². The quantitative estimate of drug-likeness (QED) is 0.691. The highest BCUT2D eigenvalue weighted by Crippen LogP contribution is 2.15. The first-order valence-corrected chi connectivity index (χ1v) is 8.56. The van der Waals surface area contributed by atoms with Gasteiger partial charge in [-0.1, -0.05) is 56.3 Å². The Kier molecular flexibility index (Phi) is 5.24. The number of nitrogens with one attached hydrogen (secondary N) is 1. The van der Waals surface area contributed by atoms with E-state index in [2.05, 4.69) is 35.9 Å². The molecule has 1 N–H and O–H groups in total. The van der Waals surface area contributed by atoms with Gasteiger partial charge in [0.2, 0.25) is 0 Å². The first-order valence-electron chi connectivity index (χ1n) is 8.56. The summed E-state index contributed by atoms with van der Waals surface area (Å²) in [5, 5.41) is 2.95. The van der Waals surface area contributed by atoms with Crippen LogP contribution in [0.1, 0.15) is 41.3 Å². The largest absolute Gasteiger partial charge is 0.322 e. The Morgan fingerprint density at radius 1 is 0.920 bits per heavy atom. The summed E-state index contributed by atoms with van der Waals surface area (Å²) >= 11 is 0. The number of benzene rings is 2. The van der Waals surface area contributed by atoms with Gasteiger partial charge < -0.3 is 5.32 Å². The molecule has 3 aromatic rings. The maximum absolute atomic E-state index is 12.4. The molecule has 0 radical (unpaired) electrons. The molecule has 3 rings (SSSR count). The van der Waals surface area contributed by atoms with E-state index in [1.165, 1.54) is 11.1 Å². The SMILES string of the molecule is CC(C)c1ccc(C(=O)Nc2cc[n+](Cc3ccccc3)cc2)cc1. The van der Waals surface area contributed by atoms with Gasteiger partial charge in [0.05, 0.1) is 5.69 Å². The molecule has 0 aliphatic heterocycles. The number of amides is 1. The van der Waals surface area contributed by atoms with Gasteiger partial charge in [0.25, 0.3) is 5.91 Å². The number of anilines is 1. The van der Waals surface area contributed by atoms with Crippen LogP contribution in [0.5, 0.6) is 0 Å². The molecule has 0 spiro atoms. The number of aromatic nitrogens is 1. The molecule has 1 aromatic heterocycles. The smallest absolute Gasteiger partial charge is 0.255 e. The number of hydrogen-bond acceptors (Lipinski definition) is 1. The first kappa shape index (κ1) is 16.9. The zero-order chi connectivity index (χ0) is 17.6. The van der Waals surface area contributed by atoms with Crippen LogP contribution >= 0.6 is 0 Å². The summed E-state index contributed by atoms with van der Waals surface area (Å²) in [7, 11) is 0. The van der Waals surface area contributed by atoms with E-state index < -0.39 is 0 Å². The fraction of sp³-hybridized carbons (Fsp3) is 0.182. The normalized spacial score (nSPS) is 10.7. The number of carbonyl (C=O) groups is 1. The monoisotopic (exact) mass is 331 g/mol. The Labute approximate surface area is 149 Å². The van der Waals surface area contributed by atoms with E-state index >= 15 is 0 Å². The average Bonchev–Trinajstić information content (AvgIpc) is 2.64. The zero-order valence-corrected chi connectivity index (χ0v) is 14.6. The number of carbonyl (C=O) groups excluding carboxylic acids is 1. The minimum absolute atomic E-state index is 0.0869. The topological polar surface area (TPSA) is 33.0 Å². The van der Waals surface area contributed by atoms with Crippen LogP contribution in [0.3, 0.4) is 0 Å². The van der Waals surface area contributed by atoms with Crippen molar-refractivity contribution in [3.05, 3.63) is 95.8 Å². The third kappa shape index (κ3) is 4.54. The van der Waals surface area contributed by atoms with Gasteiger partial charge in [0.15, 0.2) is 18.9 Å². The highest BCUT2D eigenvalue weighted by molar-refractivity contribution is 6.04. The van der Waals surface area contributed by atoms with E-state index in [1.54, 1.807) is 0 Å². The van der Waals surface area contributed by atoms with Gasteiger partial charge in [0, 0.05) is 23.3 Å². The van der Waals surface area contributed by atoms with Gasteiger partial charge in [-0.2, -0.15) is 0 Å². The molecule has 3 nitrogen and oxygen atoms in total. The van der Waals surface area contributed by atoms with E-state index in [0.717, 1.165) is 12.2 Å². The van der Waals surface area contributed by atoms with Crippen LogP contribution in [-0.4, -0.2) is 5.91 Å². The predicted molar refractivity (Wildman–Crippen MR) is 101 cm³/mol. The molecule has 2 aromatic carbocycles. The molecule has 3 heteroatoms. The molecule has 0 bridgehead atoms. The fourth-order valence-electron chi connectivity index (χ4n) is 2.66. The number of pyridine rings is 1. The second-order valence-electron chi connectivity index (χ2n) is 6.48. The molecule has 0 fully saturated rings. The minimum Gasteiger partial charge on any atom is -0.322 e.